The lowest BCUT2D eigenvalue weighted by Crippen LogP contribution is -2.08. The van der Waals surface area contributed by atoms with E-state index in [0.29, 0.717) is 26.1 Å². The maximum absolute atomic E-state index is 11.8. The Hall–Kier alpha value is -1.06. The standard InChI is InChI=1S/C40H78O4/c1-5-7-9-29-35-43-39(41)33-27-23-19-15-11-13-17-21-25-31-38(37(3)4)32-26-22-18-14-12-16-20-24-28-34-40(42)44-36-30-10-8-6-2/h37-38H,5-36H2,1-4H3. The third-order valence-electron chi connectivity index (χ3n) is 9.38. The van der Waals surface area contributed by atoms with E-state index >= 15 is 0 Å². The van der Waals surface area contributed by atoms with Gasteiger partial charge in [-0.2, -0.15) is 0 Å². The lowest BCUT2D eigenvalue weighted by Gasteiger charge is -2.20. The molecule has 0 fully saturated rings. The van der Waals surface area contributed by atoms with Crippen molar-refractivity contribution >= 4 is 11.9 Å². The summed E-state index contributed by atoms with van der Waals surface area (Å²) < 4.78 is 10.7. The van der Waals surface area contributed by atoms with Gasteiger partial charge in [0, 0.05) is 12.8 Å². The zero-order valence-electron chi connectivity index (χ0n) is 30.4. The zero-order valence-corrected chi connectivity index (χ0v) is 30.4. The quantitative estimate of drug-likeness (QED) is 0.0521. The van der Waals surface area contributed by atoms with Crippen molar-refractivity contribution in [1.82, 2.24) is 0 Å². The van der Waals surface area contributed by atoms with E-state index < -0.39 is 0 Å². The smallest absolute Gasteiger partial charge is 0.305 e. The van der Waals surface area contributed by atoms with Gasteiger partial charge in [0.2, 0.25) is 0 Å². The van der Waals surface area contributed by atoms with Crippen LogP contribution in [0.25, 0.3) is 0 Å². The Morgan fingerprint density at radius 1 is 0.409 bits per heavy atom. The summed E-state index contributed by atoms with van der Waals surface area (Å²) in [5.41, 5.74) is 0. The van der Waals surface area contributed by atoms with Crippen LogP contribution in [0.5, 0.6) is 0 Å². The molecular weight excluding hydrogens is 544 g/mol. The van der Waals surface area contributed by atoms with E-state index in [2.05, 4.69) is 27.7 Å². The number of hydrogen-bond donors (Lipinski definition) is 0. The highest BCUT2D eigenvalue weighted by Gasteiger charge is 2.12. The maximum atomic E-state index is 11.8. The van der Waals surface area contributed by atoms with Crippen molar-refractivity contribution in [3.63, 3.8) is 0 Å². The molecule has 0 saturated carbocycles. The van der Waals surface area contributed by atoms with Crippen LogP contribution in [-0.2, 0) is 19.1 Å². The largest absolute Gasteiger partial charge is 0.466 e. The highest BCUT2D eigenvalue weighted by atomic mass is 16.5. The van der Waals surface area contributed by atoms with Crippen LogP contribution in [0.15, 0.2) is 0 Å². The number of rotatable bonds is 35. The van der Waals surface area contributed by atoms with Crippen molar-refractivity contribution in [2.24, 2.45) is 11.8 Å². The van der Waals surface area contributed by atoms with Crippen LogP contribution in [0.2, 0.25) is 0 Å². The lowest BCUT2D eigenvalue weighted by molar-refractivity contribution is -0.144. The van der Waals surface area contributed by atoms with Crippen LogP contribution in [0.4, 0.5) is 0 Å². The number of unbranched alkanes of at least 4 members (excludes halogenated alkanes) is 22. The molecule has 0 unspecified atom stereocenters. The molecule has 0 spiro atoms. The van der Waals surface area contributed by atoms with Crippen LogP contribution in [0.1, 0.15) is 220 Å². The van der Waals surface area contributed by atoms with E-state index in [1.165, 1.54) is 154 Å². The fraction of sp³-hybridized carbons (Fsp3) is 0.950. The SMILES string of the molecule is CCCCCCOC(=O)CCCCCCCCCCCC(CCCCCCCCCCCC(=O)OCCCCCC)C(C)C. The van der Waals surface area contributed by atoms with E-state index in [9.17, 15) is 9.59 Å². The first-order chi connectivity index (χ1) is 21.5. The van der Waals surface area contributed by atoms with Gasteiger partial charge in [-0.3, -0.25) is 9.59 Å². The van der Waals surface area contributed by atoms with Gasteiger partial charge in [-0.25, -0.2) is 0 Å². The summed E-state index contributed by atoms with van der Waals surface area (Å²) in [6.07, 6.45) is 36.6. The topological polar surface area (TPSA) is 52.6 Å². The van der Waals surface area contributed by atoms with Crippen LogP contribution < -0.4 is 0 Å². The molecule has 4 nitrogen and oxygen atoms in total. The molecule has 0 saturated heterocycles. The summed E-state index contributed by atoms with van der Waals surface area (Å²) >= 11 is 0. The van der Waals surface area contributed by atoms with Gasteiger partial charge in [0.1, 0.15) is 0 Å². The summed E-state index contributed by atoms with van der Waals surface area (Å²) in [6, 6.07) is 0. The van der Waals surface area contributed by atoms with E-state index in [1.54, 1.807) is 0 Å². The van der Waals surface area contributed by atoms with Gasteiger partial charge < -0.3 is 9.47 Å². The Bertz CT molecular complexity index is 554. The molecule has 4 heteroatoms. The van der Waals surface area contributed by atoms with E-state index in [4.69, 9.17) is 9.47 Å². The molecule has 0 amide bonds. The van der Waals surface area contributed by atoms with Crippen LogP contribution in [0.3, 0.4) is 0 Å². The highest BCUT2D eigenvalue weighted by Crippen LogP contribution is 2.26. The minimum Gasteiger partial charge on any atom is -0.466 e. The van der Waals surface area contributed by atoms with Gasteiger partial charge in [-0.05, 0) is 37.5 Å². The number of esters is 2. The molecule has 0 aliphatic heterocycles. The predicted molar refractivity (Wildman–Crippen MR) is 190 cm³/mol. The molecule has 0 aliphatic rings. The third kappa shape index (κ3) is 32.3. The van der Waals surface area contributed by atoms with Gasteiger partial charge in [-0.1, -0.05) is 182 Å². The van der Waals surface area contributed by atoms with E-state index in [0.717, 1.165) is 37.5 Å². The molecule has 0 aromatic heterocycles. The number of carbonyl (C=O) groups excluding carboxylic acids is 2. The fourth-order valence-corrected chi connectivity index (χ4v) is 6.21. The Morgan fingerprint density at radius 2 is 0.705 bits per heavy atom. The normalized spacial score (nSPS) is 11.5. The fourth-order valence-electron chi connectivity index (χ4n) is 6.21. The van der Waals surface area contributed by atoms with Crippen molar-refractivity contribution in [3.05, 3.63) is 0 Å². The highest BCUT2D eigenvalue weighted by molar-refractivity contribution is 5.69. The Kier molecular flexibility index (Phi) is 34.0. The van der Waals surface area contributed by atoms with Crippen molar-refractivity contribution < 1.29 is 19.1 Å². The molecule has 0 radical (unpaired) electrons. The molecule has 0 N–H and O–H groups in total. The van der Waals surface area contributed by atoms with Crippen LogP contribution >= 0.6 is 0 Å². The van der Waals surface area contributed by atoms with Crippen LogP contribution in [0, 0.1) is 11.8 Å². The maximum Gasteiger partial charge on any atom is 0.305 e. The molecule has 0 atom stereocenters. The van der Waals surface area contributed by atoms with Crippen molar-refractivity contribution in [3.8, 4) is 0 Å². The van der Waals surface area contributed by atoms with Gasteiger partial charge in [0.05, 0.1) is 13.2 Å². The summed E-state index contributed by atoms with van der Waals surface area (Å²) in [7, 11) is 0. The average molecular weight is 623 g/mol. The lowest BCUT2D eigenvalue weighted by atomic mass is 9.85. The Balaban J connectivity index is 3.48. The molecule has 0 bridgehead atoms. The van der Waals surface area contributed by atoms with Crippen molar-refractivity contribution in [2.45, 2.75) is 220 Å². The summed E-state index contributed by atoms with van der Waals surface area (Å²) in [5.74, 6) is 1.72. The molecule has 0 rings (SSSR count). The second-order valence-corrected chi connectivity index (χ2v) is 14.0. The minimum absolute atomic E-state index is 0.00391. The molecule has 0 aliphatic carbocycles. The number of hydrogen-bond acceptors (Lipinski definition) is 4. The van der Waals surface area contributed by atoms with Crippen molar-refractivity contribution in [1.29, 1.82) is 0 Å². The number of carbonyl (C=O) groups is 2. The number of ether oxygens (including phenoxy) is 2. The molecule has 0 aromatic carbocycles. The first-order valence-corrected chi connectivity index (χ1v) is 19.8. The Morgan fingerprint density at radius 3 is 1.02 bits per heavy atom. The van der Waals surface area contributed by atoms with Crippen LogP contribution in [-0.4, -0.2) is 25.2 Å². The monoisotopic (exact) mass is 623 g/mol. The van der Waals surface area contributed by atoms with E-state index in [1.807, 2.05) is 0 Å². The summed E-state index contributed by atoms with van der Waals surface area (Å²) in [5, 5.41) is 0. The first-order valence-electron chi connectivity index (χ1n) is 19.8. The average Bonchev–Trinajstić information content (AvgIpc) is 3.01. The minimum atomic E-state index is 0.00391. The summed E-state index contributed by atoms with van der Waals surface area (Å²) in [4.78, 5) is 23.5. The molecule has 44 heavy (non-hydrogen) atoms. The first kappa shape index (κ1) is 42.9. The second-order valence-electron chi connectivity index (χ2n) is 14.0. The van der Waals surface area contributed by atoms with Gasteiger partial charge in [-0.15, -0.1) is 0 Å². The molecule has 0 aromatic rings. The molecule has 262 valence electrons. The van der Waals surface area contributed by atoms with Gasteiger partial charge >= 0.3 is 11.9 Å². The second kappa shape index (κ2) is 34.8. The molecule has 0 heterocycles. The molecular formula is C40H78O4. The zero-order chi connectivity index (χ0) is 32.4. The van der Waals surface area contributed by atoms with E-state index in [-0.39, 0.29) is 11.9 Å². The van der Waals surface area contributed by atoms with Gasteiger partial charge in [0.15, 0.2) is 0 Å². The van der Waals surface area contributed by atoms with Gasteiger partial charge in [0.25, 0.3) is 0 Å². The third-order valence-corrected chi connectivity index (χ3v) is 9.38. The predicted octanol–water partition coefficient (Wildman–Crippen LogP) is 13.1. The van der Waals surface area contributed by atoms with Crippen molar-refractivity contribution in [2.75, 3.05) is 13.2 Å². The Labute approximate surface area is 276 Å². The summed E-state index contributed by atoms with van der Waals surface area (Å²) in [6.45, 7) is 10.5.